The summed E-state index contributed by atoms with van der Waals surface area (Å²) in [5.74, 6) is -0.00787. The number of carbonyl (C=O) groups excluding carboxylic acids is 1. The first-order valence-electron chi connectivity index (χ1n) is 7.84. The number of hydrogen-bond donors (Lipinski definition) is 2. The number of nitrogens with two attached hydrogens (primary N) is 1. The van der Waals surface area contributed by atoms with Crippen LogP contribution in [0.15, 0.2) is 5.16 Å². The largest absolute Gasteiger partial charge is 0.409 e. The third-order valence-corrected chi connectivity index (χ3v) is 4.07. The fourth-order valence-corrected chi connectivity index (χ4v) is 3.30. The average molecular weight is 299 g/mol. The molecule has 0 spiro atoms. The summed E-state index contributed by atoms with van der Waals surface area (Å²) in [5.41, 5.74) is 5.03. The van der Waals surface area contributed by atoms with Gasteiger partial charge in [0.25, 0.3) is 0 Å². The van der Waals surface area contributed by atoms with Crippen LogP contribution < -0.4 is 5.73 Å². The Bertz CT molecular complexity index is 368. The Morgan fingerprint density at radius 3 is 2.14 bits per heavy atom. The van der Waals surface area contributed by atoms with Gasteiger partial charge in [-0.25, -0.2) is 0 Å². The van der Waals surface area contributed by atoms with E-state index in [2.05, 4.69) is 5.16 Å². The van der Waals surface area contributed by atoms with Crippen LogP contribution in [-0.2, 0) is 9.53 Å². The molecule has 6 nitrogen and oxygen atoms in total. The second-order valence-electron chi connectivity index (χ2n) is 6.03. The first kappa shape index (κ1) is 17.8. The Kier molecular flexibility index (Phi) is 6.45. The Morgan fingerprint density at radius 1 is 1.29 bits per heavy atom. The molecule has 0 aromatic rings. The van der Waals surface area contributed by atoms with E-state index in [0.29, 0.717) is 25.9 Å². The topological polar surface area (TPSA) is 88.2 Å². The molecular weight excluding hydrogens is 270 g/mol. The Labute approximate surface area is 127 Å². The van der Waals surface area contributed by atoms with Gasteiger partial charge < -0.3 is 20.6 Å². The van der Waals surface area contributed by atoms with Gasteiger partial charge in [-0.3, -0.25) is 4.79 Å². The maximum absolute atomic E-state index is 13.1. The molecule has 0 aromatic heterocycles. The van der Waals surface area contributed by atoms with Crippen LogP contribution in [0.1, 0.15) is 53.4 Å². The quantitative estimate of drug-likeness (QED) is 0.339. The predicted octanol–water partition coefficient (Wildman–Crippen LogP) is 1.96. The molecule has 0 unspecified atom stereocenters. The van der Waals surface area contributed by atoms with Crippen molar-refractivity contribution >= 4 is 11.7 Å². The summed E-state index contributed by atoms with van der Waals surface area (Å²) in [6.45, 7) is 9.04. The van der Waals surface area contributed by atoms with E-state index in [4.69, 9.17) is 15.7 Å². The number of carbonyl (C=O) groups is 1. The second kappa shape index (κ2) is 7.64. The molecule has 1 fully saturated rings. The molecule has 122 valence electrons. The van der Waals surface area contributed by atoms with E-state index in [0.717, 1.165) is 12.8 Å². The normalized spacial score (nSPS) is 24.2. The molecule has 1 amide bonds. The van der Waals surface area contributed by atoms with Crippen molar-refractivity contribution in [2.45, 2.75) is 65.6 Å². The van der Waals surface area contributed by atoms with Gasteiger partial charge in [0.1, 0.15) is 5.41 Å². The van der Waals surface area contributed by atoms with Crippen molar-refractivity contribution in [3.05, 3.63) is 0 Å². The molecule has 1 heterocycles. The SMILES string of the molecule is CCCC(CCC)(C(=O)N1C[C@@H](C)O[C@@H](C)C1)C(N)=NO. The third-order valence-electron chi connectivity index (χ3n) is 4.07. The summed E-state index contributed by atoms with van der Waals surface area (Å²) < 4.78 is 5.68. The fraction of sp³-hybridized carbons (Fsp3) is 0.867. The van der Waals surface area contributed by atoms with E-state index >= 15 is 0 Å². The van der Waals surface area contributed by atoms with Crippen LogP contribution in [0.4, 0.5) is 0 Å². The highest BCUT2D eigenvalue weighted by atomic mass is 16.5. The van der Waals surface area contributed by atoms with Crippen LogP contribution in [0.3, 0.4) is 0 Å². The summed E-state index contributed by atoms with van der Waals surface area (Å²) in [6, 6.07) is 0. The zero-order chi connectivity index (χ0) is 16.0. The van der Waals surface area contributed by atoms with Gasteiger partial charge in [0.05, 0.1) is 12.2 Å². The average Bonchev–Trinajstić information content (AvgIpc) is 2.44. The monoisotopic (exact) mass is 299 g/mol. The third kappa shape index (κ3) is 3.87. The van der Waals surface area contributed by atoms with Crippen LogP contribution in [0.5, 0.6) is 0 Å². The minimum atomic E-state index is -0.894. The maximum Gasteiger partial charge on any atom is 0.236 e. The number of amidine groups is 1. The maximum atomic E-state index is 13.1. The minimum Gasteiger partial charge on any atom is -0.409 e. The zero-order valence-electron chi connectivity index (χ0n) is 13.6. The van der Waals surface area contributed by atoms with Crippen molar-refractivity contribution in [3.63, 3.8) is 0 Å². The minimum absolute atomic E-state index is 0.00550. The van der Waals surface area contributed by atoms with Crippen LogP contribution in [0, 0.1) is 5.41 Å². The van der Waals surface area contributed by atoms with E-state index in [-0.39, 0.29) is 24.0 Å². The molecule has 21 heavy (non-hydrogen) atoms. The lowest BCUT2D eigenvalue weighted by molar-refractivity contribution is -0.151. The van der Waals surface area contributed by atoms with Crippen molar-refractivity contribution in [1.29, 1.82) is 0 Å². The van der Waals surface area contributed by atoms with E-state index in [1.165, 1.54) is 0 Å². The molecule has 3 N–H and O–H groups in total. The van der Waals surface area contributed by atoms with Gasteiger partial charge in [-0.1, -0.05) is 31.8 Å². The number of nitrogens with zero attached hydrogens (tertiary/aromatic N) is 2. The molecule has 0 aliphatic carbocycles. The van der Waals surface area contributed by atoms with Crippen LogP contribution in [0.2, 0.25) is 0 Å². The fourth-order valence-electron chi connectivity index (χ4n) is 3.30. The summed E-state index contributed by atoms with van der Waals surface area (Å²) in [7, 11) is 0. The molecule has 2 atom stereocenters. The van der Waals surface area contributed by atoms with Gasteiger partial charge in [-0.15, -0.1) is 0 Å². The Balaban J connectivity index is 3.08. The number of oxime groups is 1. The predicted molar refractivity (Wildman–Crippen MR) is 82.2 cm³/mol. The number of rotatable bonds is 6. The van der Waals surface area contributed by atoms with E-state index < -0.39 is 5.41 Å². The zero-order valence-corrected chi connectivity index (χ0v) is 13.6. The van der Waals surface area contributed by atoms with Gasteiger partial charge in [-0.2, -0.15) is 0 Å². The highest BCUT2D eigenvalue weighted by Gasteiger charge is 2.45. The molecule has 0 radical (unpaired) electrons. The van der Waals surface area contributed by atoms with E-state index in [1.54, 1.807) is 0 Å². The van der Waals surface area contributed by atoms with Gasteiger partial charge in [0, 0.05) is 13.1 Å². The number of ether oxygens (including phenoxy) is 1. The first-order valence-corrected chi connectivity index (χ1v) is 7.84. The lowest BCUT2D eigenvalue weighted by Gasteiger charge is -2.41. The van der Waals surface area contributed by atoms with Gasteiger partial charge in [0.2, 0.25) is 5.91 Å². The number of amides is 1. The molecule has 1 rings (SSSR count). The van der Waals surface area contributed by atoms with Gasteiger partial charge in [0.15, 0.2) is 5.84 Å². The van der Waals surface area contributed by atoms with Crippen molar-refractivity contribution in [3.8, 4) is 0 Å². The van der Waals surface area contributed by atoms with E-state index in [1.807, 2.05) is 32.6 Å². The highest BCUT2D eigenvalue weighted by Crippen LogP contribution is 2.34. The molecule has 1 aliphatic heterocycles. The molecule has 0 aromatic carbocycles. The summed E-state index contributed by atoms with van der Waals surface area (Å²) in [5, 5.41) is 12.3. The Morgan fingerprint density at radius 2 is 1.76 bits per heavy atom. The second-order valence-corrected chi connectivity index (χ2v) is 6.03. The lowest BCUT2D eigenvalue weighted by Crippen LogP contribution is -2.56. The molecule has 6 heteroatoms. The molecular formula is C15H29N3O3. The molecule has 0 bridgehead atoms. The standard InChI is InChI=1S/C15H29N3O3/c1-5-7-15(8-6-2,13(16)17-20)14(19)18-9-11(3)21-12(4)10-18/h11-12,20H,5-10H2,1-4H3,(H2,16,17)/t11-,12+. The van der Waals surface area contributed by atoms with Crippen LogP contribution >= 0.6 is 0 Å². The van der Waals surface area contributed by atoms with E-state index in [9.17, 15) is 4.79 Å². The first-order chi connectivity index (χ1) is 9.91. The smallest absolute Gasteiger partial charge is 0.236 e. The number of hydrogen-bond acceptors (Lipinski definition) is 4. The summed E-state index contributed by atoms with van der Waals surface area (Å²) in [6.07, 6.45) is 2.80. The lowest BCUT2D eigenvalue weighted by atomic mass is 9.76. The summed E-state index contributed by atoms with van der Waals surface area (Å²) in [4.78, 5) is 14.9. The molecule has 0 saturated carbocycles. The number of morpholine rings is 1. The van der Waals surface area contributed by atoms with Crippen LogP contribution in [0.25, 0.3) is 0 Å². The van der Waals surface area contributed by atoms with Crippen molar-refractivity contribution in [2.24, 2.45) is 16.3 Å². The van der Waals surface area contributed by atoms with Gasteiger partial charge in [-0.05, 0) is 26.7 Å². The van der Waals surface area contributed by atoms with Crippen molar-refractivity contribution in [1.82, 2.24) is 4.90 Å². The van der Waals surface area contributed by atoms with Crippen molar-refractivity contribution in [2.75, 3.05) is 13.1 Å². The molecule has 1 saturated heterocycles. The van der Waals surface area contributed by atoms with Crippen LogP contribution in [-0.4, -0.2) is 47.1 Å². The Hall–Kier alpha value is -1.30. The highest BCUT2D eigenvalue weighted by molar-refractivity contribution is 6.06. The van der Waals surface area contributed by atoms with Gasteiger partial charge >= 0.3 is 0 Å². The molecule has 1 aliphatic rings. The van der Waals surface area contributed by atoms with Crippen molar-refractivity contribution < 1.29 is 14.7 Å². The summed E-state index contributed by atoms with van der Waals surface area (Å²) >= 11 is 0.